The van der Waals surface area contributed by atoms with Crippen molar-refractivity contribution in [3.05, 3.63) is 95.1 Å². The van der Waals surface area contributed by atoms with E-state index in [1.165, 1.54) is 28.8 Å². The molecule has 0 bridgehead atoms. The van der Waals surface area contributed by atoms with Crippen LogP contribution in [0.2, 0.25) is 0 Å². The number of hydrogen-bond acceptors (Lipinski definition) is 2. The maximum atomic E-state index is 13.3. The highest BCUT2D eigenvalue weighted by Crippen LogP contribution is 2.34. The lowest BCUT2D eigenvalue weighted by atomic mass is 10.0. The number of carbonyl (C=O) groups excluding carboxylic acids is 1. The molecule has 0 radical (unpaired) electrons. The van der Waals surface area contributed by atoms with Gasteiger partial charge in [0.2, 0.25) is 5.91 Å². The van der Waals surface area contributed by atoms with Crippen LogP contribution in [0.4, 0.5) is 10.1 Å². The maximum absolute atomic E-state index is 13.3. The molecule has 0 aliphatic carbocycles. The average Bonchev–Trinajstić information content (AvgIpc) is 3.32. The Bertz CT molecular complexity index is 1280. The van der Waals surface area contributed by atoms with Crippen molar-refractivity contribution in [1.29, 1.82) is 0 Å². The fourth-order valence-electron chi connectivity index (χ4n) is 4.46. The maximum Gasteiger partial charge on any atom is 0.227 e. The first-order chi connectivity index (χ1) is 15.0. The number of rotatable bonds is 4. The Labute approximate surface area is 181 Å². The summed E-state index contributed by atoms with van der Waals surface area (Å²) in [5.41, 5.74) is 6.46. The van der Waals surface area contributed by atoms with Gasteiger partial charge < -0.3 is 9.47 Å². The minimum atomic E-state index is -0.303. The van der Waals surface area contributed by atoms with Crippen molar-refractivity contribution in [2.24, 2.45) is 0 Å². The minimum Gasteiger partial charge on any atom is -0.323 e. The Balaban J connectivity index is 1.54. The van der Waals surface area contributed by atoms with Crippen LogP contribution in [0.3, 0.4) is 0 Å². The topological polar surface area (TPSA) is 38.1 Å². The summed E-state index contributed by atoms with van der Waals surface area (Å²) in [5.74, 6) is 0.652. The number of anilines is 1. The first kappa shape index (κ1) is 19.5. The molecule has 1 atom stereocenters. The number of halogens is 1. The molecule has 31 heavy (non-hydrogen) atoms. The summed E-state index contributed by atoms with van der Waals surface area (Å²) in [6.07, 6.45) is 0.396. The van der Waals surface area contributed by atoms with E-state index in [-0.39, 0.29) is 17.6 Å². The fourth-order valence-corrected chi connectivity index (χ4v) is 4.46. The molecule has 1 aliphatic heterocycles. The lowest BCUT2D eigenvalue weighted by molar-refractivity contribution is -0.117. The van der Waals surface area contributed by atoms with E-state index >= 15 is 0 Å². The molecular weight excluding hydrogens is 389 g/mol. The number of amides is 1. The Hall–Kier alpha value is -3.47. The highest BCUT2D eigenvalue weighted by molar-refractivity contribution is 5.96. The highest BCUT2D eigenvalue weighted by atomic mass is 19.1. The molecule has 4 aromatic rings. The van der Waals surface area contributed by atoms with E-state index in [9.17, 15) is 9.18 Å². The number of imidazole rings is 1. The molecule has 0 N–H and O–H groups in total. The van der Waals surface area contributed by atoms with E-state index < -0.39 is 0 Å². The predicted molar refractivity (Wildman–Crippen MR) is 121 cm³/mol. The standard InChI is InChI=1S/C26H24FN3O/c1-17-7-8-18(2)19(13-17)15-30-24-6-4-3-5-23(24)28-26(30)20-14-25(31)29(16-20)22-11-9-21(27)10-12-22/h3-13,20H,14-16H2,1-2H3/t20-/m1/s1. The Morgan fingerprint density at radius 1 is 1.03 bits per heavy atom. The number of nitrogens with zero attached hydrogens (tertiary/aromatic N) is 3. The van der Waals surface area contributed by atoms with Gasteiger partial charge in [-0.1, -0.05) is 35.9 Å². The van der Waals surface area contributed by atoms with Gasteiger partial charge in [0.25, 0.3) is 0 Å². The third kappa shape index (κ3) is 3.61. The Kier molecular flexibility index (Phi) is 4.81. The van der Waals surface area contributed by atoms with Crippen LogP contribution in [0.25, 0.3) is 11.0 Å². The van der Waals surface area contributed by atoms with Gasteiger partial charge in [0.1, 0.15) is 11.6 Å². The minimum absolute atomic E-state index is 0.0185. The summed E-state index contributed by atoms with van der Waals surface area (Å²) in [6, 6.07) is 20.7. The summed E-state index contributed by atoms with van der Waals surface area (Å²) in [5, 5.41) is 0. The molecule has 156 valence electrons. The van der Waals surface area contributed by atoms with Gasteiger partial charge in [-0.05, 0) is 61.4 Å². The van der Waals surface area contributed by atoms with Gasteiger partial charge in [-0.25, -0.2) is 9.37 Å². The quantitative estimate of drug-likeness (QED) is 0.452. The number of fused-ring (bicyclic) bond motifs is 1. The second-order valence-corrected chi connectivity index (χ2v) is 8.36. The average molecular weight is 413 g/mol. The SMILES string of the molecule is Cc1ccc(C)c(Cn2c([C@@H]3CC(=O)N(c4ccc(F)cc4)C3)nc3ccccc32)c1. The molecular formula is C26H24FN3O. The van der Waals surface area contributed by atoms with Gasteiger partial charge in [0, 0.05) is 31.1 Å². The third-order valence-corrected chi connectivity index (χ3v) is 6.15. The highest BCUT2D eigenvalue weighted by Gasteiger charge is 2.35. The van der Waals surface area contributed by atoms with Crippen LogP contribution in [0.15, 0.2) is 66.7 Å². The van der Waals surface area contributed by atoms with E-state index in [1.54, 1.807) is 17.0 Å². The van der Waals surface area contributed by atoms with E-state index in [0.29, 0.717) is 19.5 Å². The van der Waals surface area contributed by atoms with Crippen molar-refractivity contribution in [1.82, 2.24) is 9.55 Å². The Morgan fingerprint density at radius 3 is 2.61 bits per heavy atom. The zero-order valence-electron chi connectivity index (χ0n) is 17.7. The molecule has 1 amide bonds. The lowest BCUT2D eigenvalue weighted by Crippen LogP contribution is -2.24. The summed E-state index contributed by atoms with van der Waals surface area (Å²) in [7, 11) is 0. The van der Waals surface area contributed by atoms with E-state index in [2.05, 4.69) is 42.7 Å². The van der Waals surface area contributed by atoms with Crippen molar-refractivity contribution in [3.8, 4) is 0 Å². The van der Waals surface area contributed by atoms with Crippen LogP contribution in [0, 0.1) is 19.7 Å². The summed E-state index contributed by atoms with van der Waals surface area (Å²) in [4.78, 5) is 19.5. The number of para-hydroxylation sites is 2. The van der Waals surface area contributed by atoms with Gasteiger partial charge in [0.05, 0.1) is 11.0 Å². The summed E-state index contributed by atoms with van der Waals surface area (Å²) in [6.45, 7) is 5.49. The van der Waals surface area contributed by atoms with Gasteiger partial charge in [-0.3, -0.25) is 4.79 Å². The lowest BCUT2D eigenvalue weighted by Gasteiger charge is -2.18. The second-order valence-electron chi connectivity index (χ2n) is 8.36. The first-order valence-corrected chi connectivity index (χ1v) is 10.6. The number of carbonyl (C=O) groups is 1. The smallest absolute Gasteiger partial charge is 0.227 e. The van der Waals surface area contributed by atoms with Crippen molar-refractivity contribution in [3.63, 3.8) is 0 Å². The Morgan fingerprint density at radius 2 is 1.81 bits per heavy atom. The zero-order valence-corrected chi connectivity index (χ0v) is 17.7. The van der Waals surface area contributed by atoms with E-state index in [1.807, 2.05) is 18.2 Å². The first-order valence-electron chi connectivity index (χ1n) is 10.6. The molecule has 5 rings (SSSR count). The van der Waals surface area contributed by atoms with Crippen LogP contribution in [0.1, 0.15) is 34.9 Å². The number of benzene rings is 3. The third-order valence-electron chi connectivity index (χ3n) is 6.15. The number of aromatic nitrogens is 2. The normalized spacial score (nSPS) is 16.4. The second kappa shape index (κ2) is 7.65. The molecule has 4 nitrogen and oxygen atoms in total. The predicted octanol–water partition coefficient (Wildman–Crippen LogP) is 5.36. The molecule has 0 spiro atoms. The monoisotopic (exact) mass is 413 g/mol. The molecule has 3 aromatic carbocycles. The summed E-state index contributed by atoms with van der Waals surface area (Å²) >= 11 is 0. The van der Waals surface area contributed by atoms with Crippen LogP contribution in [0.5, 0.6) is 0 Å². The zero-order chi connectivity index (χ0) is 21.5. The van der Waals surface area contributed by atoms with Crippen LogP contribution in [-0.2, 0) is 11.3 Å². The summed E-state index contributed by atoms with van der Waals surface area (Å²) < 4.78 is 15.6. The molecule has 1 saturated heterocycles. The van der Waals surface area contributed by atoms with Crippen molar-refractivity contribution in [2.75, 3.05) is 11.4 Å². The van der Waals surface area contributed by atoms with Crippen molar-refractivity contribution < 1.29 is 9.18 Å². The molecule has 0 saturated carbocycles. The molecule has 5 heteroatoms. The van der Waals surface area contributed by atoms with Gasteiger partial charge in [-0.15, -0.1) is 0 Å². The molecule has 1 fully saturated rings. The molecule has 1 aromatic heterocycles. The van der Waals surface area contributed by atoms with Crippen LogP contribution < -0.4 is 4.90 Å². The van der Waals surface area contributed by atoms with Crippen molar-refractivity contribution >= 4 is 22.6 Å². The van der Waals surface area contributed by atoms with Gasteiger partial charge in [0.15, 0.2) is 0 Å². The molecule has 2 heterocycles. The van der Waals surface area contributed by atoms with Crippen LogP contribution >= 0.6 is 0 Å². The largest absolute Gasteiger partial charge is 0.323 e. The molecule has 1 aliphatic rings. The van der Waals surface area contributed by atoms with Crippen LogP contribution in [-0.4, -0.2) is 22.0 Å². The number of aryl methyl sites for hydroxylation is 2. The van der Waals surface area contributed by atoms with Gasteiger partial charge >= 0.3 is 0 Å². The molecule has 0 unspecified atom stereocenters. The van der Waals surface area contributed by atoms with Gasteiger partial charge in [-0.2, -0.15) is 0 Å². The van der Waals surface area contributed by atoms with Crippen molar-refractivity contribution in [2.45, 2.75) is 32.7 Å². The van der Waals surface area contributed by atoms with E-state index in [4.69, 9.17) is 4.98 Å². The van der Waals surface area contributed by atoms with E-state index in [0.717, 1.165) is 22.5 Å². The fraction of sp³-hybridized carbons (Fsp3) is 0.231. The number of hydrogen-bond donors (Lipinski definition) is 0.